The molecule has 1 unspecified atom stereocenters. The van der Waals surface area contributed by atoms with Gasteiger partial charge in [-0.25, -0.2) is 4.79 Å². The number of hydrogen-bond acceptors (Lipinski definition) is 3. The summed E-state index contributed by atoms with van der Waals surface area (Å²) in [6, 6.07) is 7.27. The van der Waals surface area contributed by atoms with Crippen LogP contribution in [-0.4, -0.2) is 25.3 Å². The third-order valence-electron chi connectivity index (χ3n) is 2.64. The van der Waals surface area contributed by atoms with Gasteiger partial charge in [-0.15, -0.1) is 0 Å². The predicted octanol–water partition coefficient (Wildman–Crippen LogP) is 2.74. The first kappa shape index (κ1) is 15.8. The average Bonchev–Trinajstić information content (AvgIpc) is 2.39. The van der Waals surface area contributed by atoms with Crippen molar-refractivity contribution in [1.29, 1.82) is 0 Å². The highest BCUT2D eigenvalue weighted by atomic mass is 35.5. The highest BCUT2D eigenvalue weighted by Crippen LogP contribution is 2.10. The van der Waals surface area contributed by atoms with Gasteiger partial charge >= 0.3 is 6.09 Å². The van der Waals surface area contributed by atoms with Crippen molar-refractivity contribution in [3.63, 3.8) is 0 Å². The summed E-state index contributed by atoms with van der Waals surface area (Å²) in [5, 5.41) is 3.37. The number of nitrogens with two attached hydrogens (primary N) is 1. The fourth-order valence-electron chi connectivity index (χ4n) is 1.58. The molecule has 0 bridgehead atoms. The molecule has 0 aliphatic carbocycles. The molecule has 0 heterocycles. The molecule has 0 saturated carbocycles. The molecule has 4 nitrogen and oxygen atoms in total. The minimum Gasteiger partial charge on any atom is -0.448 e. The van der Waals surface area contributed by atoms with Crippen LogP contribution in [0.15, 0.2) is 24.3 Å². The van der Waals surface area contributed by atoms with Gasteiger partial charge < -0.3 is 15.8 Å². The van der Waals surface area contributed by atoms with Crippen LogP contribution in [0.5, 0.6) is 0 Å². The van der Waals surface area contributed by atoms with Crippen LogP contribution < -0.4 is 11.1 Å². The van der Waals surface area contributed by atoms with E-state index in [4.69, 9.17) is 22.1 Å². The zero-order chi connectivity index (χ0) is 14.1. The van der Waals surface area contributed by atoms with Crippen LogP contribution >= 0.6 is 11.6 Å². The first-order valence-electron chi connectivity index (χ1n) is 6.52. The van der Waals surface area contributed by atoms with Gasteiger partial charge in [0.2, 0.25) is 0 Å². The van der Waals surface area contributed by atoms with Crippen molar-refractivity contribution in [3.8, 4) is 0 Å². The molecule has 0 aromatic heterocycles. The molecular weight excluding hydrogens is 264 g/mol. The molecule has 0 saturated heterocycles. The van der Waals surface area contributed by atoms with E-state index in [1.165, 1.54) is 0 Å². The minimum atomic E-state index is -0.403. The first-order valence-corrected chi connectivity index (χ1v) is 6.90. The summed E-state index contributed by atoms with van der Waals surface area (Å²) < 4.78 is 5.05. The molecule has 1 aromatic carbocycles. The van der Waals surface area contributed by atoms with Crippen LogP contribution in [0.1, 0.15) is 25.3 Å². The zero-order valence-corrected chi connectivity index (χ0v) is 12.0. The Morgan fingerprint density at radius 3 is 2.74 bits per heavy atom. The summed E-state index contributed by atoms with van der Waals surface area (Å²) in [6.07, 6.45) is 2.24. The molecule has 0 aliphatic rings. The second-order valence-corrected chi connectivity index (χ2v) is 4.91. The normalized spacial score (nSPS) is 11.9. The van der Waals surface area contributed by atoms with Crippen LogP contribution in [0, 0.1) is 0 Å². The monoisotopic (exact) mass is 284 g/mol. The lowest BCUT2D eigenvalue weighted by atomic mass is 10.1. The van der Waals surface area contributed by atoms with Gasteiger partial charge in [-0.1, -0.05) is 37.1 Å². The van der Waals surface area contributed by atoms with E-state index >= 15 is 0 Å². The van der Waals surface area contributed by atoms with Gasteiger partial charge in [-0.3, -0.25) is 0 Å². The molecule has 0 fully saturated rings. The Morgan fingerprint density at radius 2 is 2.11 bits per heavy atom. The van der Waals surface area contributed by atoms with Crippen molar-refractivity contribution < 1.29 is 9.53 Å². The molecule has 0 aliphatic heterocycles. The van der Waals surface area contributed by atoms with Crippen molar-refractivity contribution in [2.24, 2.45) is 5.73 Å². The minimum absolute atomic E-state index is 0.209. The summed E-state index contributed by atoms with van der Waals surface area (Å²) >= 11 is 5.80. The topological polar surface area (TPSA) is 64.3 Å². The number of rotatable bonds is 7. The molecule has 19 heavy (non-hydrogen) atoms. The van der Waals surface area contributed by atoms with E-state index in [-0.39, 0.29) is 12.6 Å². The summed E-state index contributed by atoms with van der Waals surface area (Å²) in [5.74, 6) is 0. The molecule has 1 aromatic rings. The Balaban J connectivity index is 2.22. The predicted molar refractivity (Wildman–Crippen MR) is 77.4 cm³/mol. The summed E-state index contributed by atoms with van der Waals surface area (Å²) in [4.78, 5) is 11.3. The standard InChI is InChI=1S/C14H21ClN2O2/c1-2-3-8-17-14(18)19-10-13(16)9-11-4-6-12(15)7-5-11/h4-7,13H,2-3,8-10,16H2,1H3,(H,17,18). The van der Waals surface area contributed by atoms with Crippen LogP contribution in [0.3, 0.4) is 0 Å². The SMILES string of the molecule is CCCCNC(=O)OCC(N)Cc1ccc(Cl)cc1. The van der Waals surface area contributed by atoms with Gasteiger partial charge in [-0.2, -0.15) is 0 Å². The Labute approximate surface area is 119 Å². The van der Waals surface area contributed by atoms with Crippen molar-refractivity contribution >= 4 is 17.7 Å². The number of hydrogen-bond donors (Lipinski definition) is 2. The number of unbranched alkanes of at least 4 members (excludes halogenated alkanes) is 1. The number of alkyl carbamates (subject to hydrolysis) is 1. The molecular formula is C14H21ClN2O2. The van der Waals surface area contributed by atoms with E-state index < -0.39 is 6.09 Å². The van der Waals surface area contributed by atoms with Gasteiger partial charge in [0.05, 0.1) is 0 Å². The van der Waals surface area contributed by atoms with Gasteiger partial charge in [-0.05, 0) is 30.5 Å². The second-order valence-electron chi connectivity index (χ2n) is 4.47. The number of carbonyl (C=O) groups excluding carboxylic acids is 1. The van der Waals surface area contributed by atoms with Crippen molar-refractivity contribution in [2.75, 3.05) is 13.2 Å². The number of benzene rings is 1. The number of carbonyl (C=O) groups is 1. The number of ether oxygens (including phenoxy) is 1. The van der Waals surface area contributed by atoms with E-state index in [1.54, 1.807) is 0 Å². The maximum Gasteiger partial charge on any atom is 0.407 e. The Morgan fingerprint density at radius 1 is 1.42 bits per heavy atom. The lowest BCUT2D eigenvalue weighted by molar-refractivity contribution is 0.139. The van der Waals surface area contributed by atoms with E-state index in [9.17, 15) is 4.79 Å². The number of halogens is 1. The second kappa shape index (κ2) is 8.77. The Kier molecular flexibility index (Phi) is 7.30. The quantitative estimate of drug-likeness (QED) is 0.757. The fourth-order valence-corrected chi connectivity index (χ4v) is 1.71. The highest BCUT2D eigenvalue weighted by molar-refractivity contribution is 6.30. The van der Waals surface area contributed by atoms with E-state index in [2.05, 4.69) is 12.2 Å². The van der Waals surface area contributed by atoms with Crippen molar-refractivity contribution in [1.82, 2.24) is 5.32 Å². The van der Waals surface area contributed by atoms with Gasteiger partial charge in [0.25, 0.3) is 0 Å². The molecule has 3 N–H and O–H groups in total. The van der Waals surface area contributed by atoms with Crippen LogP contribution in [0.2, 0.25) is 5.02 Å². The van der Waals surface area contributed by atoms with Gasteiger partial charge in [0, 0.05) is 17.6 Å². The van der Waals surface area contributed by atoms with E-state index in [0.717, 1.165) is 18.4 Å². The largest absolute Gasteiger partial charge is 0.448 e. The lowest BCUT2D eigenvalue weighted by Gasteiger charge is -2.13. The summed E-state index contributed by atoms with van der Waals surface area (Å²) in [6.45, 7) is 2.91. The Hall–Kier alpha value is -1.26. The third-order valence-corrected chi connectivity index (χ3v) is 2.89. The lowest BCUT2D eigenvalue weighted by Crippen LogP contribution is -2.33. The summed E-state index contributed by atoms with van der Waals surface area (Å²) in [7, 11) is 0. The maximum atomic E-state index is 11.3. The molecule has 1 atom stereocenters. The fraction of sp³-hybridized carbons (Fsp3) is 0.500. The van der Waals surface area contributed by atoms with Crippen molar-refractivity contribution in [3.05, 3.63) is 34.9 Å². The number of nitrogens with one attached hydrogen (secondary N) is 1. The molecule has 0 spiro atoms. The van der Waals surface area contributed by atoms with Gasteiger partial charge in [0.1, 0.15) is 6.61 Å². The molecule has 1 amide bonds. The van der Waals surface area contributed by atoms with Crippen LogP contribution in [0.4, 0.5) is 4.79 Å². The maximum absolute atomic E-state index is 11.3. The highest BCUT2D eigenvalue weighted by Gasteiger charge is 2.08. The zero-order valence-electron chi connectivity index (χ0n) is 11.2. The van der Waals surface area contributed by atoms with Crippen LogP contribution in [0.25, 0.3) is 0 Å². The van der Waals surface area contributed by atoms with Crippen LogP contribution in [-0.2, 0) is 11.2 Å². The molecule has 5 heteroatoms. The first-order chi connectivity index (χ1) is 9.11. The van der Waals surface area contributed by atoms with Gasteiger partial charge in [0.15, 0.2) is 0 Å². The van der Waals surface area contributed by atoms with Crippen molar-refractivity contribution in [2.45, 2.75) is 32.2 Å². The Bertz CT molecular complexity index is 382. The average molecular weight is 285 g/mol. The molecule has 106 valence electrons. The smallest absolute Gasteiger partial charge is 0.407 e. The van der Waals surface area contributed by atoms with E-state index in [0.29, 0.717) is 18.0 Å². The number of amides is 1. The van der Waals surface area contributed by atoms with E-state index in [1.807, 2.05) is 24.3 Å². The molecule has 1 rings (SSSR count). The third kappa shape index (κ3) is 7.03. The molecule has 0 radical (unpaired) electrons. The summed E-state index contributed by atoms with van der Waals surface area (Å²) in [5.41, 5.74) is 6.98.